The minimum atomic E-state index is -0.875. The maximum atomic E-state index is 12.2. The zero-order chi connectivity index (χ0) is 11.7. The van der Waals surface area contributed by atoms with E-state index in [4.69, 9.17) is 5.11 Å². The molecular formula is C11H17NO3S. The van der Waals surface area contributed by atoms with E-state index < -0.39 is 12.0 Å². The molecule has 1 heterocycles. The topological polar surface area (TPSA) is 57.6 Å². The lowest BCUT2D eigenvalue weighted by Gasteiger charge is -2.26. The lowest BCUT2D eigenvalue weighted by molar-refractivity contribution is -0.149. The lowest BCUT2D eigenvalue weighted by atomic mass is 10.1. The molecule has 2 aliphatic rings. The number of thiol groups is 1. The Balaban J connectivity index is 2.06. The summed E-state index contributed by atoms with van der Waals surface area (Å²) in [4.78, 5) is 24.7. The number of carboxylic acids is 1. The molecule has 1 amide bonds. The Kier molecular flexibility index (Phi) is 3.42. The van der Waals surface area contributed by atoms with Crippen molar-refractivity contribution in [2.45, 2.75) is 43.4 Å². The second kappa shape index (κ2) is 4.65. The second-order valence-corrected chi connectivity index (χ2v) is 5.30. The maximum Gasteiger partial charge on any atom is 0.326 e. The van der Waals surface area contributed by atoms with E-state index in [9.17, 15) is 9.59 Å². The van der Waals surface area contributed by atoms with Crippen molar-refractivity contribution in [1.29, 1.82) is 0 Å². The fourth-order valence-corrected chi connectivity index (χ4v) is 3.19. The van der Waals surface area contributed by atoms with Gasteiger partial charge in [-0.1, -0.05) is 6.42 Å². The van der Waals surface area contributed by atoms with Crippen LogP contribution in [0.1, 0.15) is 32.1 Å². The highest BCUT2D eigenvalue weighted by Crippen LogP contribution is 2.33. The van der Waals surface area contributed by atoms with Gasteiger partial charge in [-0.05, 0) is 25.7 Å². The highest BCUT2D eigenvalue weighted by Gasteiger charge is 2.40. The van der Waals surface area contributed by atoms with E-state index >= 15 is 0 Å². The first kappa shape index (κ1) is 11.8. The van der Waals surface area contributed by atoms with Gasteiger partial charge in [-0.3, -0.25) is 4.79 Å². The van der Waals surface area contributed by atoms with E-state index in [2.05, 4.69) is 12.6 Å². The average Bonchev–Trinajstić information content (AvgIpc) is 2.84. The van der Waals surface area contributed by atoms with Crippen molar-refractivity contribution in [2.75, 3.05) is 6.54 Å². The molecule has 3 atom stereocenters. The standard InChI is InChI=1S/C11H17NO3S/c13-10(7-3-1-5-9(7)16)12-6-2-4-8(12)11(14)15/h7-9,16H,1-6H2,(H,14,15)/t7-,8-,9-/m0/s1. The van der Waals surface area contributed by atoms with Crippen LogP contribution in [0.5, 0.6) is 0 Å². The van der Waals surface area contributed by atoms with Crippen LogP contribution in [0.15, 0.2) is 0 Å². The predicted octanol–water partition coefficient (Wildman–Crippen LogP) is 1.16. The molecule has 2 rings (SSSR count). The molecule has 0 aromatic heterocycles. The molecule has 1 aliphatic carbocycles. The molecule has 0 aromatic carbocycles. The number of carbonyl (C=O) groups excluding carboxylic acids is 1. The Hall–Kier alpha value is -0.710. The van der Waals surface area contributed by atoms with Crippen molar-refractivity contribution in [3.05, 3.63) is 0 Å². The molecule has 1 saturated heterocycles. The summed E-state index contributed by atoms with van der Waals surface area (Å²) < 4.78 is 0. The Bertz CT molecular complexity index is 308. The number of hydrogen-bond acceptors (Lipinski definition) is 3. The Morgan fingerprint density at radius 1 is 1.19 bits per heavy atom. The van der Waals surface area contributed by atoms with Crippen LogP contribution >= 0.6 is 12.6 Å². The van der Waals surface area contributed by atoms with Crippen molar-refractivity contribution in [1.82, 2.24) is 4.90 Å². The molecule has 4 nitrogen and oxygen atoms in total. The SMILES string of the molecule is O=C(O)[C@@H]1CCCN1C(=O)[C@H]1CCC[C@@H]1S. The lowest BCUT2D eigenvalue weighted by Crippen LogP contribution is -2.44. The van der Waals surface area contributed by atoms with Crippen LogP contribution in [-0.4, -0.2) is 39.7 Å². The van der Waals surface area contributed by atoms with Gasteiger partial charge in [0.15, 0.2) is 0 Å². The van der Waals surface area contributed by atoms with Crippen molar-refractivity contribution in [3.8, 4) is 0 Å². The monoisotopic (exact) mass is 243 g/mol. The summed E-state index contributed by atoms with van der Waals surface area (Å²) in [6.07, 6.45) is 4.23. The van der Waals surface area contributed by atoms with Gasteiger partial charge < -0.3 is 10.0 Å². The van der Waals surface area contributed by atoms with Crippen molar-refractivity contribution in [2.24, 2.45) is 5.92 Å². The van der Waals surface area contributed by atoms with Gasteiger partial charge in [0.25, 0.3) is 0 Å². The quantitative estimate of drug-likeness (QED) is 0.716. The largest absolute Gasteiger partial charge is 0.480 e. The number of rotatable bonds is 2. The van der Waals surface area contributed by atoms with Gasteiger partial charge in [-0.15, -0.1) is 0 Å². The number of hydrogen-bond donors (Lipinski definition) is 2. The number of nitrogens with zero attached hydrogens (tertiary/aromatic N) is 1. The number of amides is 1. The minimum absolute atomic E-state index is 0.00222. The molecule has 1 N–H and O–H groups in total. The molecule has 0 aromatic rings. The normalized spacial score (nSPS) is 34.3. The first-order valence-electron chi connectivity index (χ1n) is 5.82. The predicted molar refractivity (Wildman–Crippen MR) is 62.5 cm³/mol. The third-order valence-corrected chi connectivity index (χ3v) is 4.24. The average molecular weight is 243 g/mol. The van der Waals surface area contributed by atoms with Gasteiger partial charge in [-0.2, -0.15) is 12.6 Å². The fraction of sp³-hybridized carbons (Fsp3) is 0.818. The smallest absolute Gasteiger partial charge is 0.326 e. The molecule has 0 unspecified atom stereocenters. The van der Waals surface area contributed by atoms with Gasteiger partial charge in [0.05, 0.1) is 0 Å². The van der Waals surface area contributed by atoms with Crippen LogP contribution in [0.25, 0.3) is 0 Å². The maximum absolute atomic E-state index is 12.2. The van der Waals surface area contributed by atoms with Gasteiger partial charge >= 0.3 is 5.97 Å². The summed E-state index contributed by atoms with van der Waals surface area (Å²) in [7, 11) is 0. The summed E-state index contributed by atoms with van der Waals surface area (Å²) >= 11 is 4.41. The van der Waals surface area contributed by atoms with Crippen molar-refractivity contribution < 1.29 is 14.7 Å². The van der Waals surface area contributed by atoms with E-state index in [1.807, 2.05) is 0 Å². The minimum Gasteiger partial charge on any atom is -0.480 e. The molecule has 16 heavy (non-hydrogen) atoms. The third kappa shape index (κ3) is 2.05. The fourth-order valence-electron chi connectivity index (χ4n) is 2.73. The molecule has 1 aliphatic heterocycles. The highest BCUT2D eigenvalue weighted by atomic mass is 32.1. The summed E-state index contributed by atoms with van der Waals surface area (Å²) in [5.41, 5.74) is 0. The van der Waals surface area contributed by atoms with Crippen molar-refractivity contribution in [3.63, 3.8) is 0 Å². The van der Waals surface area contributed by atoms with Crippen molar-refractivity contribution >= 4 is 24.5 Å². The molecule has 0 spiro atoms. The molecular weight excluding hydrogens is 226 g/mol. The molecule has 2 fully saturated rings. The van der Waals surface area contributed by atoms with E-state index in [1.165, 1.54) is 0 Å². The first-order valence-corrected chi connectivity index (χ1v) is 6.34. The first-order chi connectivity index (χ1) is 7.61. The zero-order valence-electron chi connectivity index (χ0n) is 9.13. The van der Waals surface area contributed by atoms with Crippen LogP contribution < -0.4 is 0 Å². The summed E-state index contributed by atoms with van der Waals surface area (Å²) in [5, 5.41) is 9.14. The molecule has 5 heteroatoms. The third-order valence-electron chi connectivity index (χ3n) is 3.62. The summed E-state index contributed by atoms with van der Waals surface area (Å²) in [5.74, 6) is -0.940. The summed E-state index contributed by atoms with van der Waals surface area (Å²) in [6.45, 7) is 0.590. The van der Waals surface area contributed by atoms with Crippen LogP contribution in [0.3, 0.4) is 0 Å². The molecule has 1 saturated carbocycles. The molecule has 0 bridgehead atoms. The highest BCUT2D eigenvalue weighted by molar-refractivity contribution is 7.81. The Morgan fingerprint density at radius 3 is 2.50 bits per heavy atom. The van der Waals surface area contributed by atoms with E-state index in [-0.39, 0.29) is 17.1 Å². The number of aliphatic carboxylic acids is 1. The van der Waals surface area contributed by atoms with Crippen LogP contribution in [0.4, 0.5) is 0 Å². The van der Waals surface area contributed by atoms with Gasteiger partial charge in [0.1, 0.15) is 6.04 Å². The number of likely N-dealkylation sites (tertiary alicyclic amines) is 1. The number of carbonyl (C=O) groups is 2. The van der Waals surface area contributed by atoms with Gasteiger partial charge in [0, 0.05) is 17.7 Å². The van der Waals surface area contributed by atoms with Gasteiger partial charge in [-0.25, -0.2) is 4.79 Å². The zero-order valence-corrected chi connectivity index (χ0v) is 10.0. The van der Waals surface area contributed by atoms with Crippen LogP contribution in [-0.2, 0) is 9.59 Å². The van der Waals surface area contributed by atoms with Crippen LogP contribution in [0, 0.1) is 5.92 Å². The van der Waals surface area contributed by atoms with E-state index in [1.54, 1.807) is 4.90 Å². The Morgan fingerprint density at radius 2 is 1.94 bits per heavy atom. The number of carboxylic acid groups (broad SMARTS) is 1. The second-order valence-electron chi connectivity index (χ2n) is 4.63. The molecule has 0 radical (unpaired) electrons. The summed E-state index contributed by atoms with van der Waals surface area (Å²) in [6, 6.07) is -0.603. The Labute approximate surface area is 100 Å². The van der Waals surface area contributed by atoms with E-state index in [0.717, 1.165) is 25.7 Å². The van der Waals surface area contributed by atoms with E-state index in [0.29, 0.717) is 13.0 Å². The van der Waals surface area contributed by atoms with Gasteiger partial charge in [0.2, 0.25) is 5.91 Å². The van der Waals surface area contributed by atoms with Crippen LogP contribution in [0.2, 0.25) is 0 Å². The molecule has 90 valence electrons.